The van der Waals surface area contributed by atoms with Crippen LogP contribution in [0.5, 0.6) is 11.5 Å². The Hall–Kier alpha value is -1.41. The predicted molar refractivity (Wildman–Crippen MR) is 105 cm³/mol. The van der Waals surface area contributed by atoms with Crippen molar-refractivity contribution in [2.75, 3.05) is 14.2 Å². The van der Waals surface area contributed by atoms with E-state index in [0.29, 0.717) is 21.5 Å². The number of carbonyl (C=O) groups is 1. The van der Waals surface area contributed by atoms with Gasteiger partial charge in [0.15, 0.2) is 5.50 Å². The van der Waals surface area contributed by atoms with Gasteiger partial charge in [-0.3, -0.25) is 9.80 Å². The lowest BCUT2D eigenvalue weighted by atomic mass is 9.95. The molecule has 1 amide bonds. The number of thioether (sulfide) groups is 1. The van der Waals surface area contributed by atoms with E-state index < -0.39 is 0 Å². The molecule has 0 spiro atoms. The number of halogens is 1. The maximum atomic E-state index is 13.0. The van der Waals surface area contributed by atoms with Crippen molar-refractivity contribution in [1.29, 1.82) is 0 Å². The van der Waals surface area contributed by atoms with Crippen molar-refractivity contribution < 1.29 is 14.3 Å². The number of rotatable bonds is 7. The third-order valence-electron chi connectivity index (χ3n) is 4.64. The Labute approximate surface area is 161 Å². The molecule has 1 aliphatic rings. The molecule has 0 radical (unpaired) electrons. The molecule has 2 rings (SSSR count). The van der Waals surface area contributed by atoms with E-state index in [0.717, 1.165) is 12.8 Å². The average Bonchev–Trinajstić information content (AvgIpc) is 3.09. The van der Waals surface area contributed by atoms with Crippen molar-refractivity contribution in [2.24, 2.45) is 5.10 Å². The highest BCUT2D eigenvalue weighted by Crippen LogP contribution is 2.37. The van der Waals surface area contributed by atoms with Gasteiger partial charge in [-0.1, -0.05) is 25.6 Å². The number of ether oxygens (including phenoxy) is 2. The lowest BCUT2D eigenvalue weighted by molar-refractivity contribution is 0.0663. The van der Waals surface area contributed by atoms with Gasteiger partial charge in [0.05, 0.1) is 29.8 Å². The molecule has 1 heterocycles. The van der Waals surface area contributed by atoms with Gasteiger partial charge in [-0.25, -0.2) is 0 Å². The number of amides is 1. The summed E-state index contributed by atoms with van der Waals surface area (Å²) in [6.45, 7) is 6.40. The second-order valence-corrected chi connectivity index (χ2v) is 7.67. The number of nitrogens with one attached hydrogen (secondary N) is 1. The molecule has 138 valence electrons. The number of hydrogen-bond donors (Lipinski definition) is 1. The van der Waals surface area contributed by atoms with E-state index in [-0.39, 0.29) is 16.9 Å². The molecule has 6 nitrogen and oxygen atoms in total. The Morgan fingerprint density at radius 3 is 2.60 bits per heavy atom. The maximum absolute atomic E-state index is 13.0. The van der Waals surface area contributed by atoms with Gasteiger partial charge in [-0.2, -0.15) is 5.10 Å². The summed E-state index contributed by atoms with van der Waals surface area (Å²) in [6, 6.07) is 3.53. The van der Waals surface area contributed by atoms with Crippen LogP contribution >= 0.6 is 27.7 Å². The predicted octanol–water partition coefficient (Wildman–Crippen LogP) is 4.05. The van der Waals surface area contributed by atoms with Crippen molar-refractivity contribution in [2.45, 2.75) is 44.6 Å². The summed E-state index contributed by atoms with van der Waals surface area (Å²) in [6.07, 6.45) is 1.86. The lowest BCUT2D eigenvalue weighted by Gasteiger charge is -2.39. The van der Waals surface area contributed by atoms with E-state index in [1.54, 1.807) is 17.7 Å². The van der Waals surface area contributed by atoms with Gasteiger partial charge in [-0.15, -0.1) is 0 Å². The Morgan fingerprint density at radius 1 is 1.36 bits per heavy atom. The Kier molecular flexibility index (Phi) is 6.62. The smallest absolute Gasteiger partial charge is 0.261 e. The minimum absolute atomic E-state index is 0.122. The highest BCUT2D eigenvalue weighted by molar-refractivity contribution is 9.10. The molecule has 1 aliphatic heterocycles. The fourth-order valence-electron chi connectivity index (χ4n) is 2.65. The van der Waals surface area contributed by atoms with E-state index in [2.05, 4.69) is 47.1 Å². The van der Waals surface area contributed by atoms with Crippen LogP contribution < -0.4 is 14.8 Å². The number of hydrazone groups is 1. The van der Waals surface area contributed by atoms with Crippen LogP contribution in [0.4, 0.5) is 0 Å². The lowest BCUT2D eigenvalue weighted by Crippen LogP contribution is -2.51. The summed E-state index contributed by atoms with van der Waals surface area (Å²) in [7, 11) is 3.06. The molecule has 0 aromatic heterocycles. The first-order valence-electron chi connectivity index (χ1n) is 8.10. The first-order chi connectivity index (χ1) is 11.9. The molecular weight excluding hydrogens is 406 g/mol. The van der Waals surface area contributed by atoms with E-state index in [1.165, 1.54) is 26.0 Å². The van der Waals surface area contributed by atoms with Gasteiger partial charge in [0.25, 0.3) is 5.91 Å². The Bertz CT molecular complexity index is 665. The van der Waals surface area contributed by atoms with Gasteiger partial charge >= 0.3 is 0 Å². The maximum Gasteiger partial charge on any atom is 0.261 e. The summed E-state index contributed by atoms with van der Waals surface area (Å²) >= 11 is 4.89. The number of carbonyl (C=O) groups excluding carboxylic acids is 1. The minimum Gasteiger partial charge on any atom is -0.496 e. The number of hydrogen-bond acceptors (Lipinski definition) is 6. The van der Waals surface area contributed by atoms with Crippen LogP contribution in [0.2, 0.25) is 0 Å². The Balaban J connectivity index is 2.30. The molecule has 0 fully saturated rings. The monoisotopic (exact) mass is 429 g/mol. The average molecular weight is 430 g/mol. The molecule has 1 unspecified atom stereocenters. The van der Waals surface area contributed by atoms with E-state index in [9.17, 15) is 4.79 Å². The van der Waals surface area contributed by atoms with Crippen LogP contribution in [0.25, 0.3) is 0 Å². The third-order valence-corrected chi connectivity index (χ3v) is 6.05. The second kappa shape index (κ2) is 8.31. The molecule has 0 saturated heterocycles. The molecular formula is C17H24BrN3O3S. The normalized spacial score (nSPS) is 16.9. The van der Waals surface area contributed by atoms with Crippen molar-refractivity contribution in [3.63, 3.8) is 0 Å². The quantitative estimate of drug-likeness (QED) is 0.707. The molecule has 0 aliphatic carbocycles. The minimum atomic E-state index is -0.272. The zero-order valence-corrected chi connectivity index (χ0v) is 17.5. The summed E-state index contributed by atoms with van der Waals surface area (Å²) in [4.78, 5) is 13.0. The molecule has 1 N–H and O–H groups in total. The van der Waals surface area contributed by atoms with Crippen molar-refractivity contribution >= 4 is 39.1 Å². The number of methoxy groups -OCH3 is 2. The van der Waals surface area contributed by atoms with Crippen LogP contribution in [-0.4, -0.2) is 41.7 Å². The molecule has 25 heavy (non-hydrogen) atoms. The van der Waals surface area contributed by atoms with Crippen LogP contribution in [0.1, 0.15) is 44.0 Å². The van der Waals surface area contributed by atoms with Gasteiger partial charge < -0.3 is 14.8 Å². The molecule has 1 aromatic carbocycles. The molecule has 0 saturated carbocycles. The van der Waals surface area contributed by atoms with Gasteiger partial charge in [0, 0.05) is 0 Å². The second-order valence-electron chi connectivity index (χ2n) is 5.89. The standard InChI is InChI=1S/C17H24BrN3O3S/c1-6-17(3,7-2)21-16(25-10-19-21)20-15(22)13-12(23-4)9-8-11(18)14(13)24-5/h8-10,16H,6-7H2,1-5H3,(H,20,22). The zero-order chi connectivity index (χ0) is 18.6. The van der Waals surface area contributed by atoms with E-state index in [4.69, 9.17) is 9.47 Å². The summed E-state index contributed by atoms with van der Waals surface area (Å²) in [5.41, 5.74) is 1.74. The van der Waals surface area contributed by atoms with E-state index in [1.807, 2.05) is 5.01 Å². The van der Waals surface area contributed by atoms with Crippen LogP contribution in [0.15, 0.2) is 21.7 Å². The van der Waals surface area contributed by atoms with Crippen LogP contribution in [0, 0.1) is 0 Å². The molecule has 8 heteroatoms. The Morgan fingerprint density at radius 2 is 2.04 bits per heavy atom. The topological polar surface area (TPSA) is 63.2 Å². The highest BCUT2D eigenvalue weighted by atomic mass is 79.9. The fraction of sp³-hybridized carbons (Fsp3) is 0.529. The number of nitrogens with zero attached hydrogens (tertiary/aromatic N) is 2. The fourth-order valence-corrected chi connectivity index (χ4v) is 4.02. The third kappa shape index (κ3) is 3.89. The van der Waals surface area contributed by atoms with Crippen molar-refractivity contribution in [3.8, 4) is 11.5 Å². The first kappa shape index (κ1) is 19.9. The van der Waals surface area contributed by atoms with Gasteiger partial charge in [-0.05, 0) is 47.8 Å². The summed E-state index contributed by atoms with van der Waals surface area (Å²) < 4.78 is 11.4. The van der Waals surface area contributed by atoms with Crippen LogP contribution in [-0.2, 0) is 0 Å². The van der Waals surface area contributed by atoms with Crippen LogP contribution in [0.3, 0.4) is 0 Å². The highest BCUT2D eigenvalue weighted by Gasteiger charge is 2.37. The van der Waals surface area contributed by atoms with Gasteiger partial charge in [0.1, 0.15) is 17.1 Å². The summed E-state index contributed by atoms with van der Waals surface area (Å²) in [5.74, 6) is 0.639. The largest absolute Gasteiger partial charge is 0.496 e. The first-order valence-corrected chi connectivity index (χ1v) is 9.84. The number of benzene rings is 1. The molecule has 1 atom stereocenters. The van der Waals surface area contributed by atoms with Gasteiger partial charge in [0.2, 0.25) is 0 Å². The van der Waals surface area contributed by atoms with Crippen molar-refractivity contribution in [3.05, 3.63) is 22.2 Å². The van der Waals surface area contributed by atoms with Crippen molar-refractivity contribution in [1.82, 2.24) is 10.3 Å². The SMILES string of the molecule is CCC(C)(CC)N1N=CSC1NC(=O)c1c(OC)ccc(Br)c1OC. The molecule has 0 bridgehead atoms. The van der Waals surface area contributed by atoms with E-state index >= 15 is 0 Å². The zero-order valence-electron chi connectivity index (χ0n) is 15.1. The molecule has 1 aromatic rings. The summed E-state index contributed by atoms with van der Waals surface area (Å²) in [5, 5.41) is 9.47.